The molecule has 157 valence electrons. The number of hydrogen-bond acceptors (Lipinski definition) is 2. The zero-order valence-corrected chi connectivity index (χ0v) is 20.1. The molecule has 4 aromatic rings. The van der Waals surface area contributed by atoms with Gasteiger partial charge in [-0.1, -0.05) is 67.9 Å². The summed E-state index contributed by atoms with van der Waals surface area (Å²) in [6.45, 7) is 4.31. The van der Waals surface area contributed by atoms with Crippen molar-refractivity contribution in [3.8, 4) is 23.1 Å². The van der Waals surface area contributed by atoms with Gasteiger partial charge in [-0.25, -0.2) is 0 Å². The first kappa shape index (κ1) is 22.7. The van der Waals surface area contributed by atoms with Gasteiger partial charge in [0.1, 0.15) is 11.8 Å². The Morgan fingerprint density at radius 1 is 0.903 bits per heavy atom. The van der Waals surface area contributed by atoms with Crippen LogP contribution in [0.4, 0.5) is 0 Å². The number of benzene rings is 3. The molecule has 4 heteroatoms. The van der Waals surface area contributed by atoms with Crippen molar-refractivity contribution in [3.63, 3.8) is 0 Å². The van der Waals surface area contributed by atoms with Gasteiger partial charge in [-0.05, 0) is 30.4 Å². The molecule has 0 aliphatic heterocycles. The Kier molecular flexibility index (Phi) is 7.58. The van der Waals surface area contributed by atoms with Gasteiger partial charge in [0, 0.05) is 32.0 Å². The van der Waals surface area contributed by atoms with Crippen molar-refractivity contribution >= 4 is 0 Å². The van der Waals surface area contributed by atoms with E-state index in [1.807, 2.05) is 18.3 Å². The molecule has 0 N–H and O–H groups in total. The van der Waals surface area contributed by atoms with Gasteiger partial charge in [0.05, 0.1) is 5.82 Å². The van der Waals surface area contributed by atoms with Crippen molar-refractivity contribution in [2.45, 2.75) is 33.1 Å². The monoisotopic (exact) mass is 583 g/mol. The first-order valence-corrected chi connectivity index (χ1v) is 10.4. The second kappa shape index (κ2) is 10.4. The third-order valence-electron chi connectivity index (χ3n) is 5.40. The van der Waals surface area contributed by atoms with E-state index in [-0.39, 0.29) is 20.1 Å². The van der Waals surface area contributed by atoms with Gasteiger partial charge < -0.3 is 4.57 Å². The summed E-state index contributed by atoms with van der Waals surface area (Å²) >= 11 is 0. The number of hydrogen-bond donors (Lipinski definition) is 0. The average Bonchev–Trinajstić information content (AvgIpc) is 3.23. The Balaban J connectivity index is 0.00000272. The second-order valence-corrected chi connectivity index (χ2v) is 7.34. The second-order valence-electron chi connectivity index (χ2n) is 7.34. The molecule has 0 saturated heterocycles. The topological polar surface area (TPSA) is 41.6 Å². The molecule has 0 fully saturated rings. The number of aryl methyl sites for hydroxylation is 2. The number of nitriles is 1. The van der Waals surface area contributed by atoms with E-state index in [0.717, 1.165) is 36.3 Å². The molecule has 0 amide bonds. The van der Waals surface area contributed by atoms with Gasteiger partial charge in [-0.2, -0.15) is 5.26 Å². The molecular formula is C27H24IrN3-. The minimum atomic E-state index is 0. The molecule has 1 aromatic heterocycles. The molecule has 3 nitrogen and oxygen atoms in total. The van der Waals surface area contributed by atoms with Crippen LogP contribution in [0.15, 0.2) is 72.9 Å². The number of nitrogens with zero attached hydrogens (tertiary/aromatic N) is 3. The summed E-state index contributed by atoms with van der Waals surface area (Å²) in [7, 11) is 0. The minimum absolute atomic E-state index is 0. The normalized spacial score (nSPS) is 10.4. The van der Waals surface area contributed by atoms with E-state index in [1.54, 1.807) is 0 Å². The molecule has 31 heavy (non-hydrogen) atoms. The van der Waals surface area contributed by atoms with Gasteiger partial charge in [0.15, 0.2) is 0 Å². The summed E-state index contributed by atoms with van der Waals surface area (Å²) in [4.78, 5) is 4.61. The number of para-hydroxylation sites is 1. The quantitative estimate of drug-likeness (QED) is 0.265. The number of rotatable bonds is 6. The predicted octanol–water partition coefficient (Wildman–Crippen LogP) is 5.92. The maximum Gasteiger partial charge on any atom is 0.148 e. The largest absolute Gasteiger partial charge is 0.338 e. The van der Waals surface area contributed by atoms with Crippen LogP contribution in [-0.2, 0) is 39.4 Å². The van der Waals surface area contributed by atoms with Gasteiger partial charge >= 0.3 is 0 Å². The maximum absolute atomic E-state index is 9.49. The van der Waals surface area contributed by atoms with Crippen molar-refractivity contribution in [1.82, 2.24) is 9.55 Å². The molecule has 0 spiro atoms. The zero-order chi connectivity index (χ0) is 20.9. The van der Waals surface area contributed by atoms with Crippen LogP contribution in [0.2, 0.25) is 0 Å². The van der Waals surface area contributed by atoms with Gasteiger partial charge in [0.25, 0.3) is 0 Å². The van der Waals surface area contributed by atoms with Gasteiger partial charge in [-0.3, -0.25) is 4.98 Å². The molecule has 0 saturated carbocycles. The van der Waals surface area contributed by atoms with Crippen LogP contribution in [0.1, 0.15) is 41.8 Å². The van der Waals surface area contributed by atoms with Crippen LogP contribution < -0.4 is 0 Å². The van der Waals surface area contributed by atoms with Gasteiger partial charge in [-0.15, -0.1) is 35.4 Å². The molecule has 0 aliphatic carbocycles. The molecule has 0 atom stereocenters. The Morgan fingerprint density at radius 2 is 1.61 bits per heavy atom. The van der Waals surface area contributed by atoms with Crippen LogP contribution in [0.25, 0.3) is 17.1 Å². The van der Waals surface area contributed by atoms with Gasteiger partial charge in [0.2, 0.25) is 0 Å². The van der Waals surface area contributed by atoms with Crippen LogP contribution in [0.3, 0.4) is 0 Å². The summed E-state index contributed by atoms with van der Waals surface area (Å²) in [5, 5.41) is 9.49. The molecule has 3 aromatic carbocycles. The molecule has 1 heterocycles. The molecule has 0 aliphatic rings. The molecular weight excluding hydrogens is 559 g/mol. The van der Waals surface area contributed by atoms with E-state index in [9.17, 15) is 5.26 Å². The fourth-order valence-corrected chi connectivity index (χ4v) is 3.86. The van der Waals surface area contributed by atoms with Crippen LogP contribution >= 0.6 is 0 Å². The number of imidazole rings is 1. The van der Waals surface area contributed by atoms with E-state index in [1.165, 1.54) is 22.3 Å². The molecule has 0 bridgehead atoms. The zero-order valence-electron chi connectivity index (χ0n) is 17.7. The molecule has 1 radical (unpaired) electrons. The Bertz CT molecular complexity index is 1160. The standard InChI is InChI=1S/C27H24N3.Ir/c1-3-22-11-8-12-23(4-2)26(22)30-19-25(18-28)29-27(30)24-15-13-21(14-16-24)17-20-9-6-5-7-10-20;/h5-15,19H,3-4,17H2,1-2H3;/q-1;. The third kappa shape index (κ3) is 4.85. The predicted molar refractivity (Wildman–Crippen MR) is 121 cm³/mol. The summed E-state index contributed by atoms with van der Waals surface area (Å²) in [5.74, 6) is 0.758. The molecule has 0 unspecified atom stereocenters. The summed E-state index contributed by atoms with van der Waals surface area (Å²) < 4.78 is 2.07. The SMILES string of the molecule is CCc1cccc(CC)c1-n1cc(C#N)nc1-c1[c-]cc(Cc2ccccc2)cc1.[Ir]. The van der Waals surface area contributed by atoms with Crippen LogP contribution in [0, 0.1) is 17.4 Å². The third-order valence-corrected chi connectivity index (χ3v) is 5.40. The van der Waals surface area contributed by atoms with Crippen LogP contribution in [0.5, 0.6) is 0 Å². The van der Waals surface area contributed by atoms with Crippen molar-refractivity contribution in [1.29, 1.82) is 5.26 Å². The fourth-order valence-electron chi connectivity index (χ4n) is 3.86. The Hall–Kier alpha value is -2.99. The van der Waals surface area contributed by atoms with Crippen molar-refractivity contribution in [2.24, 2.45) is 0 Å². The van der Waals surface area contributed by atoms with E-state index in [2.05, 4.69) is 90.1 Å². The van der Waals surface area contributed by atoms with Crippen molar-refractivity contribution in [3.05, 3.63) is 107 Å². The summed E-state index contributed by atoms with van der Waals surface area (Å²) in [5.41, 5.74) is 7.41. The Morgan fingerprint density at radius 3 is 2.19 bits per heavy atom. The van der Waals surface area contributed by atoms with Crippen molar-refractivity contribution in [2.75, 3.05) is 0 Å². The first-order valence-electron chi connectivity index (χ1n) is 10.4. The first-order chi connectivity index (χ1) is 14.7. The Labute approximate surface area is 197 Å². The van der Waals surface area contributed by atoms with E-state index in [4.69, 9.17) is 0 Å². The minimum Gasteiger partial charge on any atom is -0.338 e. The number of aromatic nitrogens is 2. The maximum atomic E-state index is 9.49. The summed E-state index contributed by atoms with van der Waals surface area (Å²) in [6, 6.07) is 28.6. The summed E-state index contributed by atoms with van der Waals surface area (Å²) in [6.07, 6.45) is 4.55. The van der Waals surface area contributed by atoms with E-state index < -0.39 is 0 Å². The van der Waals surface area contributed by atoms with E-state index >= 15 is 0 Å². The molecule has 4 rings (SSSR count). The smallest absolute Gasteiger partial charge is 0.148 e. The van der Waals surface area contributed by atoms with Crippen molar-refractivity contribution < 1.29 is 20.1 Å². The average molecular weight is 583 g/mol. The van der Waals surface area contributed by atoms with E-state index in [0.29, 0.717) is 5.69 Å². The fraction of sp³-hybridized carbons (Fsp3) is 0.185. The van der Waals surface area contributed by atoms with Crippen LogP contribution in [-0.4, -0.2) is 9.55 Å².